The van der Waals surface area contributed by atoms with Crippen molar-refractivity contribution in [1.29, 1.82) is 0 Å². The number of benzene rings is 1. The fraction of sp³-hybridized carbons (Fsp3) is 0.650. The summed E-state index contributed by atoms with van der Waals surface area (Å²) in [4.78, 5) is 4.99. The molecule has 2 fully saturated rings. The Morgan fingerprint density at radius 1 is 1.12 bits per heavy atom. The molecular formula is C20H31ClN4O. The number of nitrogens with two attached hydrogens (primary N) is 1. The standard InChI is InChI=1S/C20H30N4O.ClH/c1-15-2-7-19-18(14-15)20(22-25-19)24-12-10-23(11-13-24)9-8-16-3-5-17(21)6-4-16;/h2,7,14,16-17H,3-6,8-13,21H2,1H3;1H/t16-,17-;. The van der Waals surface area contributed by atoms with Gasteiger partial charge in [0.2, 0.25) is 0 Å². The van der Waals surface area contributed by atoms with Crippen molar-refractivity contribution >= 4 is 29.2 Å². The van der Waals surface area contributed by atoms with Gasteiger partial charge < -0.3 is 15.2 Å². The maximum atomic E-state index is 6.02. The Balaban J connectivity index is 0.00000196. The van der Waals surface area contributed by atoms with Gasteiger partial charge in [-0.3, -0.25) is 4.90 Å². The third-order valence-electron chi connectivity index (χ3n) is 6.02. The molecule has 0 atom stereocenters. The van der Waals surface area contributed by atoms with Crippen LogP contribution in [-0.4, -0.2) is 48.8 Å². The molecule has 1 saturated heterocycles. The Morgan fingerprint density at radius 3 is 2.58 bits per heavy atom. The number of hydrogen-bond acceptors (Lipinski definition) is 5. The summed E-state index contributed by atoms with van der Waals surface area (Å²) < 4.78 is 5.50. The summed E-state index contributed by atoms with van der Waals surface area (Å²) in [7, 11) is 0. The van der Waals surface area contributed by atoms with Gasteiger partial charge in [-0.2, -0.15) is 0 Å². The summed E-state index contributed by atoms with van der Waals surface area (Å²) >= 11 is 0. The molecule has 144 valence electrons. The fourth-order valence-corrected chi connectivity index (χ4v) is 4.29. The molecule has 0 spiro atoms. The Bertz CT molecular complexity index is 703. The summed E-state index contributed by atoms with van der Waals surface area (Å²) in [6.07, 6.45) is 6.42. The Morgan fingerprint density at radius 2 is 1.85 bits per heavy atom. The number of piperazine rings is 1. The molecule has 1 aliphatic carbocycles. The number of fused-ring (bicyclic) bond motifs is 1. The quantitative estimate of drug-likeness (QED) is 0.881. The van der Waals surface area contributed by atoms with Crippen molar-refractivity contribution in [3.05, 3.63) is 23.8 Å². The Hall–Kier alpha value is -1.30. The minimum Gasteiger partial charge on any atom is -0.354 e. The molecule has 0 amide bonds. The molecule has 1 aromatic carbocycles. The van der Waals surface area contributed by atoms with Gasteiger partial charge in [-0.25, -0.2) is 0 Å². The fourth-order valence-electron chi connectivity index (χ4n) is 4.29. The van der Waals surface area contributed by atoms with Crippen LogP contribution in [-0.2, 0) is 0 Å². The van der Waals surface area contributed by atoms with E-state index in [1.54, 1.807) is 0 Å². The van der Waals surface area contributed by atoms with Gasteiger partial charge in [-0.05, 0) is 63.6 Å². The highest BCUT2D eigenvalue weighted by Crippen LogP contribution is 2.29. The lowest BCUT2D eigenvalue weighted by Gasteiger charge is -2.36. The summed E-state index contributed by atoms with van der Waals surface area (Å²) in [6, 6.07) is 6.74. The van der Waals surface area contributed by atoms with Gasteiger partial charge in [0.15, 0.2) is 11.4 Å². The monoisotopic (exact) mass is 378 g/mol. The summed E-state index contributed by atoms with van der Waals surface area (Å²) in [5, 5.41) is 5.48. The second kappa shape index (κ2) is 8.59. The van der Waals surface area contributed by atoms with Gasteiger partial charge in [0.25, 0.3) is 0 Å². The van der Waals surface area contributed by atoms with Gasteiger partial charge >= 0.3 is 0 Å². The first-order valence-electron chi connectivity index (χ1n) is 9.78. The highest BCUT2D eigenvalue weighted by atomic mass is 35.5. The molecule has 2 aromatic rings. The molecule has 0 bridgehead atoms. The maximum Gasteiger partial charge on any atom is 0.180 e. The van der Waals surface area contributed by atoms with Crippen molar-refractivity contribution in [3.63, 3.8) is 0 Å². The van der Waals surface area contributed by atoms with E-state index in [-0.39, 0.29) is 12.4 Å². The molecule has 2 N–H and O–H groups in total. The highest BCUT2D eigenvalue weighted by molar-refractivity contribution is 5.89. The predicted octanol–water partition coefficient (Wildman–Crippen LogP) is 3.59. The lowest BCUT2D eigenvalue weighted by molar-refractivity contribution is 0.216. The first-order chi connectivity index (χ1) is 12.2. The molecule has 2 heterocycles. The average Bonchev–Trinajstić information content (AvgIpc) is 3.05. The van der Waals surface area contributed by atoms with E-state index in [1.807, 2.05) is 6.07 Å². The van der Waals surface area contributed by atoms with Crippen LogP contribution in [0.1, 0.15) is 37.7 Å². The van der Waals surface area contributed by atoms with Crippen LogP contribution in [0.3, 0.4) is 0 Å². The molecule has 1 saturated carbocycles. The van der Waals surface area contributed by atoms with Crippen molar-refractivity contribution in [3.8, 4) is 0 Å². The van der Waals surface area contributed by atoms with Crippen LogP contribution in [0.5, 0.6) is 0 Å². The van der Waals surface area contributed by atoms with Crippen LogP contribution >= 0.6 is 12.4 Å². The molecule has 5 nitrogen and oxygen atoms in total. The number of aryl methyl sites for hydroxylation is 1. The molecule has 1 aliphatic heterocycles. The zero-order chi connectivity index (χ0) is 17.2. The van der Waals surface area contributed by atoms with Crippen LogP contribution in [0.25, 0.3) is 11.0 Å². The Labute approximate surface area is 162 Å². The number of aromatic nitrogens is 1. The van der Waals surface area contributed by atoms with Crippen LogP contribution < -0.4 is 10.6 Å². The van der Waals surface area contributed by atoms with Crippen LogP contribution in [0.2, 0.25) is 0 Å². The van der Waals surface area contributed by atoms with E-state index in [2.05, 4.69) is 34.0 Å². The normalized spacial score (nSPS) is 24.6. The number of rotatable bonds is 4. The molecule has 2 aliphatic rings. The lowest BCUT2D eigenvalue weighted by atomic mass is 9.84. The first kappa shape index (κ1) is 19.5. The van der Waals surface area contributed by atoms with Gasteiger partial charge in [0.05, 0.1) is 5.39 Å². The summed E-state index contributed by atoms with van der Waals surface area (Å²) in [5.74, 6) is 1.90. The molecule has 26 heavy (non-hydrogen) atoms. The summed E-state index contributed by atoms with van der Waals surface area (Å²) in [6.45, 7) is 7.65. The number of hydrogen-bond donors (Lipinski definition) is 1. The number of nitrogens with zero attached hydrogens (tertiary/aromatic N) is 3. The van der Waals surface area contributed by atoms with E-state index in [0.717, 1.165) is 48.9 Å². The van der Waals surface area contributed by atoms with Gasteiger partial charge in [-0.15, -0.1) is 12.4 Å². The smallest absolute Gasteiger partial charge is 0.180 e. The minimum absolute atomic E-state index is 0. The number of anilines is 1. The van der Waals surface area contributed by atoms with Gasteiger partial charge in [-0.1, -0.05) is 16.8 Å². The summed E-state index contributed by atoms with van der Waals surface area (Å²) in [5.41, 5.74) is 8.16. The van der Waals surface area contributed by atoms with Crippen molar-refractivity contribution in [2.75, 3.05) is 37.6 Å². The van der Waals surface area contributed by atoms with Crippen LogP contribution in [0.15, 0.2) is 22.7 Å². The van der Waals surface area contributed by atoms with Crippen LogP contribution in [0, 0.1) is 12.8 Å². The average molecular weight is 379 g/mol. The van der Waals surface area contributed by atoms with E-state index >= 15 is 0 Å². The van der Waals surface area contributed by atoms with Crippen molar-refractivity contribution in [2.24, 2.45) is 11.7 Å². The minimum atomic E-state index is 0. The van der Waals surface area contributed by atoms with Crippen molar-refractivity contribution in [2.45, 2.75) is 45.1 Å². The SMILES string of the molecule is Cc1ccc2onc(N3CCN(CC[C@H]4CC[C@H](N)CC4)CC3)c2c1.Cl. The van der Waals surface area contributed by atoms with Crippen molar-refractivity contribution < 1.29 is 4.52 Å². The second-order valence-corrected chi connectivity index (χ2v) is 7.90. The largest absolute Gasteiger partial charge is 0.354 e. The molecule has 0 unspecified atom stereocenters. The van der Waals surface area contributed by atoms with Gasteiger partial charge in [0.1, 0.15) is 0 Å². The predicted molar refractivity (Wildman–Crippen MR) is 109 cm³/mol. The second-order valence-electron chi connectivity index (χ2n) is 7.90. The molecule has 4 rings (SSSR count). The maximum absolute atomic E-state index is 6.02. The highest BCUT2D eigenvalue weighted by Gasteiger charge is 2.23. The van der Waals surface area contributed by atoms with E-state index < -0.39 is 0 Å². The van der Waals surface area contributed by atoms with E-state index in [1.165, 1.54) is 44.2 Å². The zero-order valence-electron chi connectivity index (χ0n) is 15.7. The third kappa shape index (κ3) is 4.33. The molecule has 0 radical (unpaired) electrons. The van der Waals surface area contributed by atoms with E-state index in [0.29, 0.717) is 6.04 Å². The van der Waals surface area contributed by atoms with Crippen LogP contribution in [0.4, 0.5) is 5.82 Å². The Kier molecular flexibility index (Phi) is 6.43. The molecule has 6 heteroatoms. The van der Waals surface area contributed by atoms with Crippen molar-refractivity contribution in [1.82, 2.24) is 10.1 Å². The topological polar surface area (TPSA) is 58.5 Å². The number of halogens is 1. The molecular weight excluding hydrogens is 348 g/mol. The van der Waals surface area contributed by atoms with Gasteiger partial charge in [0, 0.05) is 32.2 Å². The zero-order valence-corrected chi connectivity index (χ0v) is 16.5. The van der Waals surface area contributed by atoms with E-state index in [4.69, 9.17) is 10.3 Å². The lowest BCUT2D eigenvalue weighted by Crippen LogP contribution is -2.47. The third-order valence-corrected chi connectivity index (χ3v) is 6.02. The molecule has 1 aromatic heterocycles. The first-order valence-corrected chi connectivity index (χ1v) is 9.78. The van der Waals surface area contributed by atoms with E-state index in [9.17, 15) is 0 Å².